The summed E-state index contributed by atoms with van der Waals surface area (Å²) in [6.45, 7) is 4.00. The molecule has 0 aliphatic heterocycles. The van der Waals surface area contributed by atoms with Crippen molar-refractivity contribution in [1.82, 2.24) is 14.9 Å². The normalized spacial score (nSPS) is 10.6. The molecule has 0 amide bonds. The highest BCUT2D eigenvalue weighted by Crippen LogP contribution is 2.25. The van der Waals surface area contributed by atoms with Crippen LogP contribution in [0, 0.1) is 13.8 Å². The van der Waals surface area contributed by atoms with Crippen molar-refractivity contribution in [3.05, 3.63) is 29.3 Å². The zero-order valence-electron chi connectivity index (χ0n) is 10.6. The van der Waals surface area contributed by atoms with Crippen molar-refractivity contribution < 1.29 is 9.90 Å². The second kappa shape index (κ2) is 5.31. The Kier molecular flexibility index (Phi) is 3.75. The Labute approximate surface area is 114 Å². The summed E-state index contributed by atoms with van der Waals surface area (Å²) in [5.74, 6) is 5.44. The molecule has 19 heavy (non-hydrogen) atoms. The molecule has 0 fully saturated rings. The Balaban J connectivity index is 2.36. The molecule has 1 aromatic heterocycles. The molecule has 0 aliphatic rings. The Morgan fingerprint density at radius 1 is 1.42 bits per heavy atom. The molecule has 0 spiro atoms. The number of thioether (sulfide) groups is 1. The van der Waals surface area contributed by atoms with Crippen LogP contribution in [0.2, 0.25) is 0 Å². The number of carboxylic acids is 1. The van der Waals surface area contributed by atoms with Crippen molar-refractivity contribution in [3.8, 4) is 11.4 Å². The molecular formula is C12H14N4O2S. The van der Waals surface area contributed by atoms with Gasteiger partial charge in [0.25, 0.3) is 0 Å². The first kappa shape index (κ1) is 13.4. The summed E-state index contributed by atoms with van der Waals surface area (Å²) in [4.78, 5) is 10.5. The molecule has 100 valence electrons. The maximum Gasteiger partial charge on any atom is 0.313 e. The quantitative estimate of drug-likeness (QED) is 0.649. The van der Waals surface area contributed by atoms with Crippen LogP contribution in [-0.4, -0.2) is 31.7 Å². The van der Waals surface area contributed by atoms with Gasteiger partial charge in [0.2, 0.25) is 5.16 Å². The lowest BCUT2D eigenvalue weighted by Crippen LogP contribution is -2.13. The van der Waals surface area contributed by atoms with Gasteiger partial charge in [0.15, 0.2) is 5.82 Å². The van der Waals surface area contributed by atoms with Crippen LogP contribution in [0.4, 0.5) is 0 Å². The van der Waals surface area contributed by atoms with Gasteiger partial charge in [-0.1, -0.05) is 30.0 Å². The molecule has 1 aromatic carbocycles. The van der Waals surface area contributed by atoms with E-state index in [1.54, 1.807) is 0 Å². The van der Waals surface area contributed by atoms with Gasteiger partial charge in [0, 0.05) is 5.56 Å². The fourth-order valence-electron chi connectivity index (χ4n) is 1.68. The summed E-state index contributed by atoms with van der Waals surface area (Å²) in [5, 5.41) is 17.0. The Bertz CT molecular complexity index is 624. The molecule has 0 aliphatic carbocycles. The zero-order chi connectivity index (χ0) is 14.0. The second-order valence-electron chi connectivity index (χ2n) is 4.11. The van der Waals surface area contributed by atoms with Crippen LogP contribution in [0.5, 0.6) is 0 Å². The van der Waals surface area contributed by atoms with E-state index in [-0.39, 0.29) is 5.75 Å². The van der Waals surface area contributed by atoms with Crippen molar-refractivity contribution in [2.24, 2.45) is 0 Å². The highest BCUT2D eigenvalue weighted by Gasteiger charge is 2.15. The molecule has 1 heterocycles. The topological polar surface area (TPSA) is 94.0 Å². The van der Waals surface area contributed by atoms with Gasteiger partial charge in [-0.25, -0.2) is 4.68 Å². The molecule has 0 saturated heterocycles. The molecule has 0 bridgehead atoms. The minimum Gasteiger partial charge on any atom is -0.481 e. The summed E-state index contributed by atoms with van der Waals surface area (Å²) in [6.07, 6.45) is 0. The molecular weight excluding hydrogens is 264 g/mol. The number of carbonyl (C=O) groups is 1. The highest BCUT2D eigenvalue weighted by atomic mass is 32.2. The van der Waals surface area contributed by atoms with Gasteiger partial charge in [0.05, 0.1) is 5.75 Å². The number of hydrogen-bond donors (Lipinski definition) is 2. The minimum absolute atomic E-state index is 0.0951. The molecule has 2 rings (SSSR count). The predicted octanol–water partition coefficient (Wildman–Crippen LogP) is 1.45. The summed E-state index contributed by atoms with van der Waals surface area (Å²) in [6, 6.07) is 5.86. The molecule has 0 radical (unpaired) electrons. The number of carboxylic acid groups (broad SMARTS) is 1. The number of benzene rings is 1. The first-order chi connectivity index (χ1) is 9.00. The van der Waals surface area contributed by atoms with E-state index in [2.05, 4.69) is 10.2 Å². The largest absolute Gasteiger partial charge is 0.481 e. The van der Waals surface area contributed by atoms with E-state index in [1.165, 1.54) is 4.68 Å². The third-order valence-corrected chi connectivity index (χ3v) is 3.76. The standard InChI is InChI=1S/C12H14N4O2S/c1-7-4-3-5-9(8(7)2)11-14-15-12(16(11)13)19-6-10(17)18/h3-5H,6,13H2,1-2H3,(H,17,18). The van der Waals surface area contributed by atoms with E-state index >= 15 is 0 Å². The van der Waals surface area contributed by atoms with Gasteiger partial charge in [0.1, 0.15) is 0 Å². The summed E-state index contributed by atoms with van der Waals surface area (Å²) in [5.41, 5.74) is 3.12. The smallest absolute Gasteiger partial charge is 0.313 e. The number of rotatable bonds is 4. The summed E-state index contributed by atoms with van der Waals surface area (Å²) >= 11 is 1.05. The van der Waals surface area contributed by atoms with Gasteiger partial charge in [-0.3, -0.25) is 4.79 Å². The number of aromatic nitrogens is 3. The highest BCUT2D eigenvalue weighted by molar-refractivity contribution is 7.99. The van der Waals surface area contributed by atoms with Crippen molar-refractivity contribution >= 4 is 17.7 Å². The second-order valence-corrected chi connectivity index (χ2v) is 5.05. The lowest BCUT2D eigenvalue weighted by Gasteiger charge is -2.07. The third kappa shape index (κ3) is 2.70. The average Bonchev–Trinajstić information content (AvgIpc) is 2.72. The van der Waals surface area contributed by atoms with Crippen LogP contribution in [0.25, 0.3) is 11.4 Å². The maximum absolute atomic E-state index is 10.5. The molecule has 3 N–H and O–H groups in total. The number of nitrogens with zero attached hydrogens (tertiary/aromatic N) is 3. The molecule has 0 atom stereocenters. The Hall–Kier alpha value is -2.02. The van der Waals surface area contributed by atoms with E-state index in [9.17, 15) is 4.79 Å². The molecule has 6 nitrogen and oxygen atoms in total. The van der Waals surface area contributed by atoms with Crippen molar-refractivity contribution in [2.45, 2.75) is 19.0 Å². The lowest BCUT2D eigenvalue weighted by molar-refractivity contribution is -0.133. The predicted molar refractivity (Wildman–Crippen MR) is 73.4 cm³/mol. The van der Waals surface area contributed by atoms with Gasteiger partial charge < -0.3 is 10.9 Å². The van der Waals surface area contributed by atoms with Crippen molar-refractivity contribution in [2.75, 3.05) is 11.6 Å². The van der Waals surface area contributed by atoms with Crippen LogP contribution < -0.4 is 5.84 Å². The number of nitrogens with two attached hydrogens (primary N) is 1. The van der Waals surface area contributed by atoms with Crippen molar-refractivity contribution in [1.29, 1.82) is 0 Å². The number of aryl methyl sites for hydroxylation is 1. The SMILES string of the molecule is Cc1cccc(-c2nnc(SCC(=O)O)n2N)c1C. The summed E-state index contributed by atoms with van der Waals surface area (Å²) < 4.78 is 1.33. The van der Waals surface area contributed by atoms with E-state index in [0.29, 0.717) is 11.0 Å². The average molecular weight is 278 g/mol. The third-order valence-electron chi connectivity index (χ3n) is 2.83. The van der Waals surface area contributed by atoms with E-state index < -0.39 is 5.97 Å². The molecule has 0 unspecified atom stereocenters. The van der Waals surface area contributed by atoms with Crippen molar-refractivity contribution in [3.63, 3.8) is 0 Å². The van der Waals surface area contributed by atoms with Crippen LogP contribution >= 0.6 is 11.8 Å². The molecule has 7 heteroatoms. The van der Waals surface area contributed by atoms with Gasteiger partial charge in [-0.15, -0.1) is 10.2 Å². The number of hydrogen-bond acceptors (Lipinski definition) is 5. The van der Waals surface area contributed by atoms with Crippen LogP contribution in [0.1, 0.15) is 11.1 Å². The number of nitrogen functional groups attached to an aromatic ring is 1. The minimum atomic E-state index is -0.915. The monoisotopic (exact) mass is 278 g/mol. The summed E-state index contributed by atoms with van der Waals surface area (Å²) in [7, 11) is 0. The fourth-order valence-corrected chi connectivity index (χ4v) is 2.26. The molecule has 2 aromatic rings. The Morgan fingerprint density at radius 3 is 2.84 bits per heavy atom. The van der Waals surface area contributed by atoms with E-state index in [4.69, 9.17) is 10.9 Å². The van der Waals surface area contributed by atoms with Crippen LogP contribution in [0.3, 0.4) is 0 Å². The van der Waals surface area contributed by atoms with Gasteiger partial charge >= 0.3 is 5.97 Å². The zero-order valence-corrected chi connectivity index (χ0v) is 11.4. The van der Waals surface area contributed by atoms with Gasteiger partial charge in [-0.05, 0) is 25.0 Å². The van der Waals surface area contributed by atoms with E-state index in [1.807, 2.05) is 32.0 Å². The van der Waals surface area contributed by atoms with Gasteiger partial charge in [-0.2, -0.15) is 0 Å². The van der Waals surface area contributed by atoms with Crippen LogP contribution in [0.15, 0.2) is 23.4 Å². The Morgan fingerprint density at radius 2 is 2.16 bits per heavy atom. The molecule has 0 saturated carbocycles. The van der Waals surface area contributed by atoms with Crippen LogP contribution in [-0.2, 0) is 4.79 Å². The maximum atomic E-state index is 10.5. The first-order valence-corrected chi connectivity index (χ1v) is 6.61. The lowest BCUT2D eigenvalue weighted by atomic mass is 10.0. The fraction of sp³-hybridized carbons (Fsp3) is 0.250. The first-order valence-electron chi connectivity index (χ1n) is 5.62. The number of aliphatic carboxylic acids is 1. The van der Waals surface area contributed by atoms with E-state index in [0.717, 1.165) is 28.5 Å².